The molecule has 1 aliphatic carbocycles. The first kappa shape index (κ1) is 32.4. The second-order valence-electron chi connectivity index (χ2n) is 10.8. The SMILES string of the molecule is COc1ccc(CCC(=O)c2c(O)cc(OC3OC(C=O)C(O)C(O)C3OC3CC(C)C(O)C(O)C3O)cc2O)cc1O. The molecule has 14 nitrogen and oxygen atoms in total. The van der Waals surface area contributed by atoms with E-state index >= 15 is 0 Å². The first-order chi connectivity index (χ1) is 20.4. The summed E-state index contributed by atoms with van der Waals surface area (Å²) in [5.74, 6) is -2.52. The van der Waals surface area contributed by atoms with Crippen LogP contribution >= 0.6 is 0 Å². The van der Waals surface area contributed by atoms with Gasteiger partial charge < -0.3 is 64.6 Å². The van der Waals surface area contributed by atoms with Crippen LogP contribution in [0, 0.1) is 5.92 Å². The molecule has 2 aliphatic rings. The molecule has 2 fully saturated rings. The van der Waals surface area contributed by atoms with Gasteiger partial charge in [0.2, 0.25) is 6.29 Å². The number of benzene rings is 2. The van der Waals surface area contributed by atoms with Crippen LogP contribution in [0.15, 0.2) is 30.3 Å². The highest BCUT2D eigenvalue weighted by molar-refractivity contribution is 6.01. The van der Waals surface area contributed by atoms with E-state index in [0.29, 0.717) is 5.56 Å². The molecule has 1 saturated heterocycles. The molecule has 0 spiro atoms. The first-order valence-corrected chi connectivity index (χ1v) is 13.6. The van der Waals surface area contributed by atoms with E-state index in [1.807, 2.05) is 0 Å². The Hall–Kier alpha value is -3.50. The van der Waals surface area contributed by atoms with Crippen molar-refractivity contribution in [3.05, 3.63) is 41.5 Å². The van der Waals surface area contributed by atoms with E-state index < -0.39 is 83.9 Å². The normalized spacial score (nSPS) is 32.6. The van der Waals surface area contributed by atoms with E-state index in [1.165, 1.54) is 19.2 Å². The van der Waals surface area contributed by atoms with Crippen LogP contribution in [0.1, 0.15) is 35.7 Å². The molecule has 4 rings (SSSR count). The fourth-order valence-corrected chi connectivity index (χ4v) is 5.30. The minimum atomic E-state index is -1.78. The van der Waals surface area contributed by atoms with Crippen molar-refractivity contribution in [1.82, 2.24) is 0 Å². The predicted molar refractivity (Wildman–Crippen MR) is 145 cm³/mol. The molecule has 43 heavy (non-hydrogen) atoms. The summed E-state index contributed by atoms with van der Waals surface area (Å²) in [4.78, 5) is 24.4. The highest BCUT2D eigenvalue weighted by Crippen LogP contribution is 2.37. The average molecular weight is 609 g/mol. The zero-order valence-electron chi connectivity index (χ0n) is 23.4. The summed E-state index contributed by atoms with van der Waals surface area (Å²) in [6, 6.07) is 6.61. The Balaban J connectivity index is 1.51. The van der Waals surface area contributed by atoms with E-state index in [-0.39, 0.29) is 42.8 Å². The molecular weight excluding hydrogens is 572 g/mol. The van der Waals surface area contributed by atoms with Crippen molar-refractivity contribution in [3.63, 3.8) is 0 Å². The number of aromatic hydroxyl groups is 3. The molecule has 10 atom stereocenters. The quantitative estimate of drug-likeness (QED) is 0.126. The maximum Gasteiger partial charge on any atom is 0.229 e. The van der Waals surface area contributed by atoms with Gasteiger partial charge >= 0.3 is 0 Å². The number of aliphatic hydroxyl groups is 5. The van der Waals surface area contributed by atoms with Gasteiger partial charge in [-0.15, -0.1) is 0 Å². The zero-order valence-corrected chi connectivity index (χ0v) is 23.4. The van der Waals surface area contributed by atoms with Gasteiger partial charge in [0.15, 0.2) is 23.6 Å². The fourth-order valence-electron chi connectivity index (χ4n) is 5.30. The van der Waals surface area contributed by atoms with Gasteiger partial charge in [-0.3, -0.25) is 4.79 Å². The van der Waals surface area contributed by atoms with Crippen molar-refractivity contribution in [2.45, 2.75) is 81.3 Å². The summed E-state index contributed by atoms with van der Waals surface area (Å²) < 4.78 is 22.0. The number of ketones is 1. The van der Waals surface area contributed by atoms with E-state index in [9.17, 15) is 50.4 Å². The van der Waals surface area contributed by atoms with Gasteiger partial charge in [-0.05, 0) is 36.5 Å². The van der Waals surface area contributed by atoms with Gasteiger partial charge in [0.05, 0.1) is 19.3 Å². The molecule has 8 N–H and O–H groups in total. The Labute approximate surface area is 246 Å². The third-order valence-electron chi connectivity index (χ3n) is 7.80. The van der Waals surface area contributed by atoms with E-state index in [1.54, 1.807) is 13.0 Å². The van der Waals surface area contributed by atoms with Crippen molar-refractivity contribution >= 4 is 12.1 Å². The summed E-state index contributed by atoms with van der Waals surface area (Å²) >= 11 is 0. The van der Waals surface area contributed by atoms with E-state index in [2.05, 4.69) is 0 Å². The lowest BCUT2D eigenvalue weighted by Crippen LogP contribution is -2.63. The van der Waals surface area contributed by atoms with E-state index in [0.717, 1.165) is 12.1 Å². The van der Waals surface area contributed by atoms with Gasteiger partial charge in [-0.1, -0.05) is 13.0 Å². The Morgan fingerprint density at radius 3 is 2.21 bits per heavy atom. The van der Waals surface area contributed by atoms with Gasteiger partial charge in [-0.2, -0.15) is 0 Å². The molecule has 14 heteroatoms. The molecule has 2 aromatic carbocycles. The molecule has 0 bridgehead atoms. The number of aldehydes is 1. The number of aliphatic hydroxyl groups excluding tert-OH is 5. The number of Topliss-reactive ketones (excluding diaryl/α,β-unsaturated/α-hetero) is 1. The smallest absolute Gasteiger partial charge is 0.229 e. The number of phenolic OH excluding ortho intramolecular Hbond substituents is 3. The zero-order chi connectivity index (χ0) is 31.6. The van der Waals surface area contributed by atoms with Gasteiger partial charge in [0.1, 0.15) is 59.4 Å². The third-order valence-corrected chi connectivity index (χ3v) is 7.80. The second-order valence-corrected chi connectivity index (χ2v) is 10.8. The molecule has 0 aromatic heterocycles. The van der Waals surface area contributed by atoms with E-state index in [4.69, 9.17) is 18.9 Å². The number of hydrogen-bond donors (Lipinski definition) is 8. The van der Waals surface area contributed by atoms with Crippen LogP contribution in [0.25, 0.3) is 0 Å². The summed E-state index contributed by atoms with van der Waals surface area (Å²) in [6.45, 7) is 1.62. The molecule has 1 aliphatic heterocycles. The highest BCUT2D eigenvalue weighted by atomic mass is 16.7. The maximum absolute atomic E-state index is 12.9. The molecule has 236 valence electrons. The lowest BCUT2D eigenvalue weighted by Gasteiger charge is -2.45. The monoisotopic (exact) mass is 608 g/mol. The minimum absolute atomic E-state index is 0.0526. The highest BCUT2D eigenvalue weighted by Gasteiger charge is 2.50. The number of ether oxygens (including phenoxy) is 4. The number of hydrogen-bond acceptors (Lipinski definition) is 14. The Kier molecular flexibility index (Phi) is 10.1. The molecule has 1 saturated carbocycles. The predicted octanol–water partition coefficient (Wildman–Crippen LogP) is -0.472. The fraction of sp³-hybridized carbons (Fsp3) is 0.517. The van der Waals surface area contributed by atoms with Crippen molar-refractivity contribution in [2.75, 3.05) is 7.11 Å². The van der Waals surface area contributed by atoms with Gasteiger partial charge in [0, 0.05) is 18.6 Å². The maximum atomic E-state index is 12.9. The molecule has 2 aromatic rings. The average Bonchev–Trinajstić information content (AvgIpc) is 2.96. The lowest BCUT2D eigenvalue weighted by molar-refractivity contribution is -0.296. The van der Waals surface area contributed by atoms with Gasteiger partial charge in [-0.25, -0.2) is 0 Å². The second kappa shape index (κ2) is 13.4. The number of aryl methyl sites for hydroxylation is 1. The summed E-state index contributed by atoms with van der Waals surface area (Å²) in [6.07, 6.45) is -13.4. The number of methoxy groups -OCH3 is 1. The standard InChI is InChI=1S/C29H36O14/c1-12-7-20(24(36)26(38)23(12)35)42-28-27(39)25(37)21(11-30)43-29(28)41-14-9-17(33)22(18(34)10-14)15(31)5-3-13-4-6-19(40-2)16(32)8-13/h4,6,8-12,20-21,23-29,32-39H,3,5,7H2,1-2H3. The largest absolute Gasteiger partial charge is 0.507 e. The molecule has 1 heterocycles. The number of phenols is 3. The van der Waals surface area contributed by atoms with Crippen LogP contribution in [0.5, 0.6) is 28.7 Å². The van der Waals surface area contributed by atoms with Crippen LogP contribution in [-0.4, -0.2) is 115 Å². The summed E-state index contributed by atoms with van der Waals surface area (Å²) in [5, 5.41) is 83.0. The van der Waals surface area contributed by atoms with Crippen LogP contribution in [0.4, 0.5) is 0 Å². The molecule has 0 amide bonds. The van der Waals surface area contributed by atoms with Crippen molar-refractivity contribution in [3.8, 4) is 28.7 Å². The first-order valence-electron chi connectivity index (χ1n) is 13.6. The number of rotatable bonds is 10. The number of carbonyl (C=O) groups excluding carboxylic acids is 2. The van der Waals surface area contributed by atoms with Crippen molar-refractivity contribution in [2.24, 2.45) is 5.92 Å². The molecule has 0 radical (unpaired) electrons. The van der Waals surface area contributed by atoms with Gasteiger partial charge in [0.25, 0.3) is 0 Å². The lowest BCUT2D eigenvalue weighted by atomic mass is 9.81. The minimum Gasteiger partial charge on any atom is -0.507 e. The third kappa shape index (κ3) is 6.86. The van der Waals surface area contributed by atoms with Crippen LogP contribution in [0.3, 0.4) is 0 Å². The summed E-state index contributed by atoms with van der Waals surface area (Å²) in [7, 11) is 1.40. The number of carbonyl (C=O) groups is 2. The van der Waals surface area contributed by atoms with Crippen molar-refractivity contribution in [1.29, 1.82) is 0 Å². The summed E-state index contributed by atoms with van der Waals surface area (Å²) in [5.41, 5.74) is 0.214. The van der Waals surface area contributed by atoms with Crippen LogP contribution in [-0.2, 0) is 20.7 Å². The topological polar surface area (TPSA) is 233 Å². The Morgan fingerprint density at radius 2 is 1.60 bits per heavy atom. The Bertz CT molecular complexity index is 1280. The molecule has 10 unspecified atom stereocenters. The van der Waals surface area contributed by atoms with Crippen LogP contribution in [0.2, 0.25) is 0 Å². The molecular formula is C29H36O14. The Morgan fingerprint density at radius 1 is 0.930 bits per heavy atom. The van der Waals surface area contributed by atoms with Crippen molar-refractivity contribution < 1.29 is 69.4 Å². The van der Waals surface area contributed by atoms with Crippen LogP contribution < -0.4 is 9.47 Å².